The van der Waals surface area contributed by atoms with Gasteiger partial charge in [-0.25, -0.2) is 0 Å². The van der Waals surface area contributed by atoms with Crippen molar-refractivity contribution in [2.45, 2.75) is 50.2 Å². The third kappa shape index (κ3) is 2.19. The molecule has 1 saturated heterocycles. The van der Waals surface area contributed by atoms with Crippen LogP contribution in [-0.4, -0.2) is 6.10 Å². The van der Waals surface area contributed by atoms with E-state index < -0.39 is 0 Å². The second-order valence-corrected chi connectivity index (χ2v) is 6.72. The lowest BCUT2D eigenvalue weighted by molar-refractivity contribution is -0.252. The number of benzene rings is 2. The van der Waals surface area contributed by atoms with Crippen molar-refractivity contribution in [3.63, 3.8) is 0 Å². The zero-order chi connectivity index (χ0) is 14.8. The van der Waals surface area contributed by atoms with E-state index in [9.17, 15) is 0 Å². The Morgan fingerprint density at radius 3 is 1.82 bits per heavy atom. The summed E-state index contributed by atoms with van der Waals surface area (Å²) in [4.78, 5) is 0. The third-order valence-corrected chi connectivity index (χ3v) is 5.47. The molecule has 114 valence electrons. The Morgan fingerprint density at radius 2 is 1.23 bits per heavy atom. The molecule has 0 radical (unpaired) electrons. The van der Waals surface area contributed by atoms with Gasteiger partial charge in [0.15, 0.2) is 0 Å². The molecule has 0 N–H and O–H groups in total. The number of hydrogen-bond donors (Lipinski definition) is 0. The maximum Gasteiger partial charge on any atom is 0.124 e. The van der Waals surface area contributed by atoms with Gasteiger partial charge in [-0.2, -0.15) is 0 Å². The molecule has 2 atom stereocenters. The van der Waals surface area contributed by atoms with Crippen molar-refractivity contribution >= 4 is 0 Å². The van der Waals surface area contributed by atoms with E-state index in [1.54, 1.807) is 0 Å². The first-order valence-electron chi connectivity index (χ1n) is 8.70. The minimum atomic E-state index is -0.218. The summed E-state index contributed by atoms with van der Waals surface area (Å²) in [6.07, 6.45) is 8.37. The first-order chi connectivity index (χ1) is 10.9. The fourth-order valence-corrected chi connectivity index (χ4v) is 4.41. The summed E-state index contributed by atoms with van der Waals surface area (Å²) in [5, 5.41) is 0. The topological polar surface area (TPSA) is 9.23 Å². The highest BCUT2D eigenvalue weighted by Crippen LogP contribution is 2.55. The molecule has 2 aromatic carbocycles. The summed E-state index contributed by atoms with van der Waals surface area (Å²) in [5.41, 5.74) is 2.43. The predicted molar refractivity (Wildman–Crippen MR) is 89.7 cm³/mol. The first kappa shape index (κ1) is 14.0. The molecule has 22 heavy (non-hydrogen) atoms. The fourth-order valence-electron chi connectivity index (χ4n) is 4.41. The van der Waals surface area contributed by atoms with Gasteiger partial charge < -0.3 is 4.74 Å². The maximum absolute atomic E-state index is 6.64. The standard InChI is InChI=1S/C21H24O/c1-2-10-16-20-19(15-9-1)21(22-20,17-11-5-3-6-12-17)18-13-7-4-8-14-18/h3-8,11-14,19-20H,1-2,9-10,15-16H2/t19-,20-/m1/s1. The van der Waals surface area contributed by atoms with Crippen LogP contribution < -0.4 is 0 Å². The van der Waals surface area contributed by atoms with E-state index in [0.717, 1.165) is 0 Å². The zero-order valence-electron chi connectivity index (χ0n) is 13.1. The molecule has 4 rings (SSSR count). The molecule has 1 saturated carbocycles. The van der Waals surface area contributed by atoms with Gasteiger partial charge in [0.1, 0.15) is 5.60 Å². The van der Waals surface area contributed by atoms with E-state index in [-0.39, 0.29) is 5.60 Å². The zero-order valence-corrected chi connectivity index (χ0v) is 13.1. The van der Waals surface area contributed by atoms with Gasteiger partial charge >= 0.3 is 0 Å². The van der Waals surface area contributed by atoms with Crippen LogP contribution in [0.5, 0.6) is 0 Å². The predicted octanol–water partition coefficient (Wildman–Crippen LogP) is 5.30. The summed E-state index contributed by atoms with van der Waals surface area (Å²) < 4.78 is 6.64. The first-order valence-corrected chi connectivity index (χ1v) is 8.70. The monoisotopic (exact) mass is 292 g/mol. The van der Waals surface area contributed by atoms with Gasteiger partial charge in [-0.3, -0.25) is 0 Å². The van der Waals surface area contributed by atoms with Crippen LogP contribution in [0.3, 0.4) is 0 Å². The lowest BCUT2D eigenvalue weighted by atomic mass is 9.65. The highest BCUT2D eigenvalue weighted by Gasteiger charge is 2.56. The molecule has 2 aromatic rings. The quantitative estimate of drug-likeness (QED) is 0.730. The highest BCUT2D eigenvalue weighted by molar-refractivity contribution is 5.40. The molecule has 2 aliphatic rings. The van der Waals surface area contributed by atoms with E-state index >= 15 is 0 Å². The normalized spacial score (nSPS) is 27.1. The van der Waals surface area contributed by atoms with Crippen LogP contribution in [0.1, 0.15) is 49.7 Å². The molecule has 0 unspecified atom stereocenters. The Kier molecular flexibility index (Phi) is 3.75. The van der Waals surface area contributed by atoms with Gasteiger partial charge in [0, 0.05) is 5.92 Å². The molecule has 1 heteroatoms. The van der Waals surface area contributed by atoms with Crippen LogP contribution in [-0.2, 0) is 10.3 Å². The number of hydrogen-bond acceptors (Lipinski definition) is 1. The Balaban J connectivity index is 1.77. The summed E-state index contributed by atoms with van der Waals surface area (Å²) in [6.45, 7) is 0. The van der Waals surface area contributed by atoms with E-state index in [0.29, 0.717) is 12.0 Å². The smallest absolute Gasteiger partial charge is 0.124 e. The van der Waals surface area contributed by atoms with Crippen LogP contribution >= 0.6 is 0 Å². The van der Waals surface area contributed by atoms with Gasteiger partial charge in [-0.15, -0.1) is 0 Å². The van der Waals surface area contributed by atoms with E-state index in [4.69, 9.17) is 4.74 Å². The van der Waals surface area contributed by atoms with Crippen molar-refractivity contribution in [1.82, 2.24) is 0 Å². The molecule has 0 bridgehead atoms. The molecule has 1 nitrogen and oxygen atoms in total. The fraction of sp³-hybridized carbons (Fsp3) is 0.429. The summed E-state index contributed by atoms with van der Waals surface area (Å²) in [5.74, 6) is 0.623. The summed E-state index contributed by atoms with van der Waals surface area (Å²) in [7, 11) is 0. The Bertz CT molecular complexity index is 565. The highest BCUT2D eigenvalue weighted by atomic mass is 16.5. The van der Waals surface area contributed by atoms with Gasteiger partial charge in [-0.05, 0) is 24.0 Å². The Labute approximate surface area is 133 Å². The van der Waals surface area contributed by atoms with Gasteiger partial charge in [0.2, 0.25) is 0 Å². The SMILES string of the molecule is c1ccc(C2(c3ccccc3)O[C@@H]3CCCCCC[C@H]32)cc1. The van der Waals surface area contributed by atoms with E-state index in [2.05, 4.69) is 60.7 Å². The minimum absolute atomic E-state index is 0.218. The largest absolute Gasteiger partial charge is 0.361 e. The average molecular weight is 292 g/mol. The van der Waals surface area contributed by atoms with E-state index in [1.165, 1.54) is 49.7 Å². The van der Waals surface area contributed by atoms with Crippen LogP contribution in [0.4, 0.5) is 0 Å². The van der Waals surface area contributed by atoms with Crippen molar-refractivity contribution in [3.8, 4) is 0 Å². The van der Waals surface area contributed by atoms with Crippen molar-refractivity contribution in [2.24, 2.45) is 5.92 Å². The van der Waals surface area contributed by atoms with Gasteiger partial charge in [0.25, 0.3) is 0 Å². The second kappa shape index (κ2) is 5.89. The van der Waals surface area contributed by atoms with Crippen LogP contribution in [0.15, 0.2) is 60.7 Å². The molecule has 1 aliphatic carbocycles. The molecule has 0 amide bonds. The minimum Gasteiger partial charge on any atom is -0.361 e. The molecule has 1 aliphatic heterocycles. The summed E-state index contributed by atoms with van der Waals surface area (Å²) in [6, 6.07) is 21.7. The Morgan fingerprint density at radius 1 is 0.682 bits per heavy atom. The van der Waals surface area contributed by atoms with Crippen LogP contribution in [0.25, 0.3) is 0 Å². The van der Waals surface area contributed by atoms with Crippen molar-refractivity contribution < 1.29 is 4.74 Å². The van der Waals surface area contributed by atoms with Crippen LogP contribution in [0.2, 0.25) is 0 Å². The molecular weight excluding hydrogens is 268 g/mol. The summed E-state index contributed by atoms with van der Waals surface area (Å²) >= 11 is 0. The van der Waals surface area contributed by atoms with Gasteiger partial charge in [-0.1, -0.05) is 86.3 Å². The maximum atomic E-state index is 6.64. The molecule has 2 fully saturated rings. The second-order valence-electron chi connectivity index (χ2n) is 6.72. The molecular formula is C21H24O. The van der Waals surface area contributed by atoms with Crippen LogP contribution in [0, 0.1) is 5.92 Å². The lowest BCUT2D eigenvalue weighted by Gasteiger charge is -2.56. The Hall–Kier alpha value is -1.60. The molecule has 0 aromatic heterocycles. The van der Waals surface area contributed by atoms with Crippen molar-refractivity contribution in [3.05, 3.63) is 71.8 Å². The number of rotatable bonds is 2. The lowest BCUT2D eigenvalue weighted by Crippen LogP contribution is -2.58. The van der Waals surface area contributed by atoms with Gasteiger partial charge in [0.05, 0.1) is 6.10 Å². The van der Waals surface area contributed by atoms with Crippen molar-refractivity contribution in [2.75, 3.05) is 0 Å². The molecule has 0 spiro atoms. The van der Waals surface area contributed by atoms with Crippen molar-refractivity contribution in [1.29, 1.82) is 0 Å². The number of ether oxygens (including phenoxy) is 1. The average Bonchev–Trinajstić information content (AvgIpc) is 2.56. The molecule has 1 heterocycles. The third-order valence-electron chi connectivity index (χ3n) is 5.47. The number of fused-ring (bicyclic) bond motifs is 1. The van der Waals surface area contributed by atoms with E-state index in [1.807, 2.05) is 0 Å².